The highest BCUT2D eigenvalue weighted by molar-refractivity contribution is 7.25. The van der Waals surface area contributed by atoms with E-state index in [1.165, 1.54) is 20.2 Å². The average Bonchev–Trinajstić information content (AvgIpc) is 3.50. The molecule has 5 heteroatoms. The normalized spacial score (nSPS) is 13.1. The van der Waals surface area contributed by atoms with Crippen molar-refractivity contribution in [2.24, 2.45) is 0 Å². The number of rotatable bonds is 6. The van der Waals surface area contributed by atoms with Gasteiger partial charge in [-0.25, -0.2) is 0 Å². The molecule has 0 spiro atoms. The third-order valence-corrected chi connectivity index (χ3v) is 10.4. The number of benzene rings is 6. The van der Waals surface area contributed by atoms with Crippen LogP contribution in [0.5, 0.6) is 23.0 Å². The molecule has 0 saturated carbocycles. The molecule has 0 unspecified atom stereocenters. The van der Waals surface area contributed by atoms with Crippen molar-refractivity contribution < 1.29 is 9.47 Å². The molecule has 3 nitrogen and oxygen atoms in total. The fourth-order valence-electron chi connectivity index (χ4n) is 7.16. The molecule has 0 fully saturated rings. The van der Waals surface area contributed by atoms with Crippen molar-refractivity contribution in [2.45, 2.75) is 6.92 Å². The first-order valence-corrected chi connectivity index (χ1v) is 17.0. The smallest absolute Gasteiger partial charge is 0.260 e. The van der Waals surface area contributed by atoms with Crippen molar-refractivity contribution in [1.29, 1.82) is 0 Å². The van der Waals surface area contributed by atoms with Gasteiger partial charge in [0.15, 0.2) is 0 Å². The van der Waals surface area contributed by atoms with Gasteiger partial charge < -0.3 is 14.4 Å². The summed E-state index contributed by atoms with van der Waals surface area (Å²) in [5, 5.41) is 2.54. The van der Waals surface area contributed by atoms with Crippen molar-refractivity contribution in [3.8, 4) is 34.1 Å². The molecule has 0 amide bonds. The first kappa shape index (κ1) is 28.4. The molecular formula is C43H30BNO2S. The molecule has 1 aromatic heterocycles. The molecular weight excluding hydrogens is 605 g/mol. The van der Waals surface area contributed by atoms with E-state index < -0.39 is 0 Å². The standard InChI is InChI=1S/C43H30BNO2S/c1-3-11-30(12-4-2)45(32-23-24-42-34(27-32)33-13-5-10-18-41(33)48-42)31-21-19-28(20-22-31)29-25-39-43-40(26-29)47-38-17-9-7-15-36(38)44(43)35-14-6-8-16-37(35)46-39/h3-27H,1H2,2H3/b12-4-,30-11+. The minimum absolute atomic E-state index is 0.0641. The fraction of sp³-hybridized carbons (Fsp3) is 0.0233. The van der Waals surface area contributed by atoms with Gasteiger partial charge in [-0.2, -0.15) is 0 Å². The van der Waals surface area contributed by atoms with E-state index in [9.17, 15) is 0 Å². The maximum Gasteiger partial charge on any atom is 0.260 e. The lowest BCUT2D eigenvalue weighted by atomic mass is 9.35. The lowest BCUT2D eigenvalue weighted by Crippen LogP contribution is -2.57. The summed E-state index contributed by atoms with van der Waals surface area (Å²) in [6.07, 6.45) is 8.09. The third-order valence-electron chi connectivity index (χ3n) is 9.25. The molecule has 9 rings (SSSR count). The van der Waals surface area contributed by atoms with Crippen molar-refractivity contribution in [3.63, 3.8) is 0 Å². The Morgan fingerprint density at radius 2 is 1.27 bits per heavy atom. The summed E-state index contributed by atoms with van der Waals surface area (Å²) in [5.41, 5.74) is 8.71. The van der Waals surface area contributed by atoms with Crippen LogP contribution >= 0.6 is 11.3 Å². The maximum absolute atomic E-state index is 6.55. The second-order valence-electron chi connectivity index (χ2n) is 12.1. The lowest BCUT2D eigenvalue weighted by Gasteiger charge is -2.33. The van der Waals surface area contributed by atoms with Crippen molar-refractivity contribution in [3.05, 3.63) is 164 Å². The summed E-state index contributed by atoms with van der Waals surface area (Å²) < 4.78 is 15.7. The van der Waals surface area contributed by atoms with E-state index in [1.807, 2.05) is 36.5 Å². The molecule has 228 valence electrons. The number of fused-ring (bicyclic) bond motifs is 7. The second-order valence-corrected chi connectivity index (χ2v) is 13.2. The maximum atomic E-state index is 6.55. The zero-order valence-corrected chi connectivity index (χ0v) is 27.2. The first-order chi connectivity index (χ1) is 23.7. The zero-order chi connectivity index (χ0) is 32.2. The van der Waals surface area contributed by atoms with Crippen LogP contribution in [0.25, 0.3) is 31.3 Å². The van der Waals surface area contributed by atoms with Gasteiger partial charge in [0, 0.05) is 42.7 Å². The van der Waals surface area contributed by atoms with Crippen LogP contribution in [0.4, 0.5) is 11.4 Å². The Labute approximate surface area is 284 Å². The highest BCUT2D eigenvalue weighted by atomic mass is 32.1. The monoisotopic (exact) mass is 635 g/mol. The van der Waals surface area contributed by atoms with Gasteiger partial charge in [-0.3, -0.25) is 0 Å². The minimum atomic E-state index is 0.0641. The number of nitrogens with zero attached hydrogens (tertiary/aromatic N) is 1. The Morgan fingerprint density at radius 1 is 0.646 bits per heavy atom. The SMILES string of the molecule is C=C/C=C(\C=C/C)N(c1ccc(-c2cc3c4c(c2)Oc2ccccc2B4c2ccccc2O3)cc1)c1ccc2sc3ccccc3c2c1. The number of anilines is 2. The van der Waals surface area contributed by atoms with Crippen LogP contribution in [0.3, 0.4) is 0 Å². The van der Waals surface area contributed by atoms with Crippen molar-refractivity contribution >= 4 is 66.0 Å². The Hall–Kier alpha value is -5.78. The number of thiophene rings is 1. The minimum Gasteiger partial charge on any atom is -0.458 e. The zero-order valence-electron chi connectivity index (χ0n) is 26.4. The van der Waals surface area contributed by atoms with Crippen LogP contribution in [0.1, 0.15) is 6.92 Å². The predicted molar refractivity (Wildman–Crippen MR) is 204 cm³/mol. The molecule has 0 bridgehead atoms. The molecule has 0 atom stereocenters. The van der Waals surface area contributed by atoms with Gasteiger partial charge in [0.2, 0.25) is 0 Å². The van der Waals surface area contributed by atoms with Gasteiger partial charge in [0.25, 0.3) is 6.71 Å². The third kappa shape index (κ3) is 4.58. The predicted octanol–water partition coefficient (Wildman–Crippen LogP) is 10.2. The summed E-state index contributed by atoms with van der Waals surface area (Å²) in [7, 11) is 0. The van der Waals surface area contributed by atoms with Crippen LogP contribution in [-0.4, -0.2) is 6.71 Å². The summed E-state index contributed by atoms with van der Waals surface area (Å²) in [6, 6.07) is 45.1. The fourth-order valence-corrected chi connectivity index (χ4v) is 8.25. The molecule has 0 aliphatic carbocycles. The number of hydrogen-bond donors (Lipinski definition) is 0. The summed E-state index contributed by atoms with van der Waals surface area (Å²) in [4.78, 5) is 2.29. The van der Waals surface area contributed by atoms with Crippen molar-refractivity contribution in [2.75, 3.05) is 4.90 Å². The Kier molecular flexibility index (Phi) is 6.80. The van der Waals surface area contributed by atoms with Crippen LogP contribution in [0, 0.1) is 0 Å². The molecule has 0 radical (unpaired) electrons. The topological polar surface area (TPSA) is 21.7 Å². The van der Waals surface area contributed by atoms with E-state index in [2.05, 4.69) is 145 Å². The molecule has 3 heterocycles. The summed E-state index contributed by atoms with van der Waals surface area (Å²) in [6.45, 7) is 6.13. The van der Waals surface area contributed by atoms with E-state index in [0.29, 0.717) is 0 Å². The lowest BCUT2D eigenvalue weighted by molar-refractivity contribution is 0.465. The molecule has 48 heavy (non-hydrogen) atoms. The number of allylic oxidation sites excluding steroid dienone is 4. The quantitative estimate of drug-likeness (QED) is 0.134. The van der Waals surface area contributed by atoms with Gasteiger partial charge in [-0.05, 0) is 102 Å². The van der Waals surface area contributed by atoms with Gasteiger partial charge in [-0.1, -0.05) is 85.5 Å². The summed E-state index contributed by atoms with van der Waals surface area (Å²) >= 11 is 1.83. The Morgan fingerprint density at radius 3 is 1.96 bits per heavy atom. The molecule has 0 saturated heterocycles. The highest BCUT2D eigenvalue weighted by Gasteiger charge is 2.40. The number of ether oxygens (including phenoxy) is 2. The number of hydrogen-bond acceptors (Lipinski definition) is 4. The van der Waals surface area contributed by atoms with Crippen molar-refractivity contribution in [1.82, 2.24) is 0 Å². The summed E-state index contributed by atoms with van der Waals surface area (Å²) in [5.74, 6) is 3.46. The molecule has 2 aliphatic rings. The van der Waals surface area contributed by atoms with Gasteiger partial charge in [0.05, 0.1) is 0 Å². The molecule has 0 N–H and O–H groups in total. The van der Waals surface area contributed by atoms with Gasteiger partial charge in [-0.15, -0.1) is 11.3 Å². The van der Waals surface area contributed by atoms with E-state index in [-0.39, 0.29) is 6.71 Å². The second kappa shape index (κ2) is 11.5. The van der Waals surface area contributed by atoms with E-state index in [1.54, 1.807) is 0 Å². The van der Waals surface area contributed by atoms with E-state index >= 15 is 0 Å². The van der Waals surface area contributed by atoms with E-state index in [0.717, 1.165) is 67.6 Å². The highest BCUT2D eigenvalue weighted by Crippen LogP contribution is 2.41. The number of para-hydroxylation sites is 2. The van der Waals surface area contributed by atoms with Crippen LogP contribution in [0.2, 0.25) is 0 Å². The largest absolute Gasteiger partial charge is 0.458 e. The van der Waals surface area contributed by atoms with Crippen LogP contribution in [0.15, 0.2) is 164 Å². The van der Waals surface area contributed by atoms with Gasteiger partial charge >= 0.3 is 0 Å². The van der Waals surface area contributed by atoms with E-state index in [4.69, 9.17) is 9.47 Å². The molecule has 2 aliphatic heterocycles. The van der Waals surface area contributed by atoms with Crippen LogP contribution in [-0.2, 0) is 0 Å². The van der Waals surface area contributed by atoms with Gasteiger partial charge in [0.1, 0.15) is 23.0 Å². The average molecular weight is 636 g/mol. The molecule has 6 aromatic carbocycles. The Balaban J connectivity index is 1.14. The van der Waals surface area contributed by atoms with Crippen LogP contribution < -0.4 is 30.8 Å². The molecule has 7 aromatic rings. The first-order valence-electron chi connectivity index (χ1n) is 16.2. The Bertz CT molecular complexity index is 2390.